The average Bonchev–Trinajstić information content (AvgIpc) is 2.48. The van der Waals surface area contributed by atoms with E-state index in [1.807, 2.05) is 0 Å². The third kappa shape index (κ3) is 4.24. The van der Waals surface area contributed by atoms with E-state index in [0.29, 0.717) is 0 Å². The highest BCUT2D eigenvalue weighted by molar-refractivity contribution is 5.67. The van der Waals surface area contributed by atoms with Gasteiger partial charge in [0.05, 0.1) is 7.11 Å². The number of hydrogen-bond acceptors (Lipinski definition) is 3. The van der Waals surface area contributed by atoms with E-state index in [2.05, 4.69) is 35.2 Å². The second-order valence-electron chi connectivity index (χ2n) is 4.89. The van der Waals surface area contributed by atoms with Crippen LogP contribution in [0.15, 0.2) is 30.3 Å². The van der Waals surface area contributed by atoms with Crippen LogP contribution in [-0.4, -0.2) is 55.7 Å². The quantitative estimate of drug-likeness (QED) is 0.832. The molecule has 4 nitrogen and oxygen atoms in total. The number of ether oxygens (including phenoxy) is 1. The van der Waals surface area contributed by atoms with Crippen molar-refractivity contribution in [3.8, 4) is 0 Å². The van der Waals surface area contributed by atoms with Gasteiger partial charge in [-0.05, 0) is 24.9 Å². The maximum absolute atomic E-state index is 11.4. The molecular weight excluding hydrogens is 240 g/mol. The van der Waals surface area contributed by atoms with E-state index in [4.69, 9.17) is 4.74 Å². The summed E-state index contributed by atoms with van der Waals surface area (Å²) in [6.45, 7) is 4.55. The Hall–Kier alpha value is -1.55. The van der Waals surface area contributed by atoms with E-state index in [-0.39, 0.29) is 6.09 Å². The van der Waals surface area contributed by atoms with Crippen LogP contribution in [-0.2, 0) is 11.2 Å². The molecule has 0 radical (unpaired) electrons. The van der Waals surface area contributed by atoms with E-state index in [0.717, 1.165) is 39.1 Å². The van der Waals surface area contributed by atoms with Crippen molar-refractivity contribution in [2.75, 3.05) is 39.8 Å². The van der Waals surface area contributed by atoms with Crippen molar-refractivity contribution in [1.29, 1.82) is 0 Å². The van der Waals surface area contributed by atoms with E-state index < -0.39 is 0 Å². The molecule has 1 aromatic carbocycles. The van der Waals surface area contributed by atoms with Crippen LogP contribution in [0.4, 0.5) is 4.79 Å². The molecular formula is C15H22N2O2. The molecule has 1 amide bonds. The van der Waals surface area contributed by atoms with Crippen LogP contribution in [0.5, 0.6) is 0 Å². The van der Waals surface area contributed by atoms with Gasteiger partial charge in [-0.2, -0.15) is 0 Å². The molecule has 1 heterocycles. The number of piperazine rings is 1. The lowest BCUT2D eigenvalue weighted by Crippen LogP contribution is -2.48. The van der Waals surface area contributed by atoms with Crippen molar-refractivity contribution in [3.63, 3.8) is 0 Å². The highest BCUT2D eigenvalue weighted by Crippen LogP contribution is 2.07. The summed E-state index contributed by atoms with van der Waals surface area (Å²) in [5.41, 5.74) is 1.40. The van der Waals surface area contributed by atoms with Gasteiger partial charge in [-0.15, -0.1) is 0 Å². The third-order valence-corrected chi connectivity index (χ3v) is 3.59. The van der Waals surface area contributed by atoms with Crippen molar-refractivity contribution in [1.82, 2.24) is 9.80 Å². The fourth-order valence-electron chi connectivity index (χ4n) is 2.43. The molecule has 0 bridgehead atoms. The number of carbonyl (C=O) groups is 1. The lowest BCUT2D eigenvalue weighted by molar-refractivity contribution is 0.0907. The van der Waals surface area contributed by atoms with Gasteiger partial charge in [-0.3, -0.25) is 4.90 Å². The summed E-state index contributed by atoms with van der Waals surface area (Å²) in [4.78, 5) is 15.5. The highest BCUT2D eigenvalue weighted by Gasteiger charge is 2.20. The summed E-state index contributed by atoms with van der Waals surface area (Å²) >= 11 is 0. The fraction of sp³-hybridized carbons (Fsp3) is 0.533. The zero-order valence-electron chi connectivity index (χ0n) is 11.5. The molecule has 1 aromatic rings. The number of rotatable bonds is 4. The Morgan fingerprint density at radius 2 is 1.84 bits per heavy atom. The first-order valence-corrected chi connectivity index (χ1v) is 6.89. The number of aryl methyl sites for hydroxylation is 1. The minimum atomic E-state index is -0.205. The first-order valence-electron chi connectivity index (χ1n) is 6.89. The molecule has 0 aromatic heterocycles. The lowest BCUT2D eigenvalue weighted by atomic mass is 10.1. The smallest absolute Gasteiger partial charge is 0.409 e. The molecule has 104 valence electrons. The molecule has 0 N–H and O–H groups in total. The van der Waals surface area contributed by atoms with Crippen LogP contribution in [0.3, 0.4) is 0 Å². The van der Waals surface area contributed by atoms with Crippen molar-refractivity contribution < 1.29 is 9.53 Å². The van der Waals surface area contributed by atoms with E-state index in [9.17, 15) is 4.79 Å². The second-order valence-corrected chi connectivity index (χ2v) is 4.89. The van der Waals surface area contributed by atoms with Gasteiger partial charge in [0.2, 0.25) is 0 Å². The Morgan fingerprint density at radius 1 is 1.16 bits per heavy atom. The van der Waals surface area contributed by atoms with Gasteiger partial charge in [-0.1, -0.05) is 30.3 Å². The minimum Gasteiger partial charge on any atom is -0.453 e. The number of carbonyl (C=O) groups excluding carboxylic acids is 1. The summed E-state index contributed by atoms with van der Waals surface area (Å²) in [6.07, 6.45) is 2.09. The Morgan fingerprint density at radius 3 is 2.47 bits per heavy atom. The first-order chi connectivity index (χ1) is 9.29. The van der Waals surface area contributed by atoms with Gasteiger partial charge in [0.1, 0.15) is 0 Å². The first kappa shape index (κ1) is 13.9. The van der Waals surface area contributed by atoms with Crippen molar-refractivity contribution in [2.45, 2.75) is 12.8 Å². The number of hydrogen-bond donors (Lipinski definition) is 0. The Kier molecular flexibility index (Phi) is 5.21. The standard InChI is InChI=1S/C15H22N2O2/c1-19-15(18)17-12-10-16(11-13-17)9-5-8-14-6-3-2-4-7-14/h2-4,6-7H,5,8-13H2,1H3. The Bertz CT molecular complexity index is 386. The number of methoxy groups -OCH3 is 1. The maximum atomic E-state index is 11.4. The van der Waals surface area contributed by atoms with Gasteiger partial charge in [0.25, 0.3) is 0 Å². The Labute approximate surface area is 115 Å². The fourth-order valence-corrected chi connectivity index (χ4v) is 2.43. The number of nitrogens with zero attached hydrogens (tertiary/aromatic N) is 2. The molecule has 0 unspecified atom stereocenters. The highest BCUT2D eigenvalue weighted by atomic mass is 16.5. The topological polar surface area (TPSA) is 32.8 Å². The third-order valence-electron chi connectivity index (χ3n) is 3.59. The van der Waals surface area contributed by atoms with Gasteiger partial charge >= 0.3 is 6.09 Å². The molecule has 1 aliphatic heterocycles. The molecule has 1 saturated heterocycles. The molecule has 2 rings (SSSR count). The summed E-state index contributed by atoms with van der Waals surface area (Å²) in [6, 6.07) is 10.6. The maximum Gasteiger partial charge on any atom is 0.409 e. The molecule has 0 aliphatic carbocycles. The summed E-state index contributed by atoms with van der Waals surface area (Å²) < 4.78 is 4.73. The zero-order chi connectivity index (χ0) is 13.5. The van der Waals surface area contributed by atoms with Crippen LogP contribution in [0.1, 0.15) is 12.0 Å². The zero-order valence-corrected chi connectivity index (χ0v) is 11.5. The van der Waals surface area contributed by atoms with Gasteiger partial charge in [-0.25, -0.2) is 4.79 Å². The van der Waals surface area contributed by atoms with E-state index in [1.54, 1.807) is 4.90 Å². The van der Waals surface area contributed by atoms with Crippen molar-refractivity contribution in [2.24, 2.45) is 0 Å². The van der Waals surface area contributed by atoms with Gasteiger partial charge < -0.3 is 9.64 Å². The summed E-state index contributed by atoms with van der Waals surface area (Å²) in [5, 5.41) is 0. The molecule has 0 spiro atoms. The van der Waals surface area contributed by atoms with Crippen molar-refractivity contribution >= 4 is 6.09 Å². The van der Waals surface area contributed by atoms with Crippen LogP contribution in [0.25, 0.3) is 0 Å². The largest absolute Gasteiger partial charge is 0.453 e. The normalized spacial score (nSPS) is 16.4. The van der Waals surface area contributed by atoms with Crippen LogP contribution < -0.4 is 0 Å². The molecule has 0 saturated carbocycles. The monoisotopic (exact) mass is 262 g/mol. The van der Waals surface area contributed by atoms with Crippen LogP contribution in [0.2, 0.25) is 0 Å². The van der Waals surface area contributed by atoms with E-state index in [1.165, 1.54) is 19.1 Å². The Balaban J connectivity index is 1.65. The minimum absolute atomic E-state index is 0.205. The molecule has 1 aliphatic rings. The number of amides is 1. The van der Waals surface area contributed by atoms with E-state index >= 15 is 0 Å². The SMILES string of the molecule is COC(=O)N1CCN(CCCc2ccccc2)CC1. The average molecular weight is 262 g/mol. The van der Waals surface area contributed by atoms with Crippen LogP contribution in [0, 0.1) is 0 Å². The predicted octanol–water partition coefficient (Wildman–Crippen LogP) is 2.00. The molecule has 19 heavy (non-hydrogen) atoms. The van der Waals surface area contributed by atoms with Gasteiger partial charge in [0.15, 0.2) is 0 Å². The van der Waals surface area contributed by atoms with Crippen molar-refractivity contribution in [3.05, 3.63) is 35.9 Å². The summed E-state index contributed by atoms with van der Waals surface area (Å²) in [5.74, 6) is 0. The molecule has 1 fully saturated rings. The second kappa shape index (κ2) is 7.14. The predicted molar refractivity (Wildman–Crippen MR) is 75.2 cm³/mol. The number of benzene rings is 1. The summed E-state index contributed by atoms with van der Waals surface area (Å²) in [7, 11) is 1.44. The molecule has 4 heteroatoms. The molecule has 0 atom stereocenters. The van der Waals surface area contributed by atoms with Gasteiger partial charge in [0, 0.05) is 26.2 Å². The lowest BCUT2D eigenvalue weighted by Gasteiger charge is -2.33. The van der Waals surface area contributed by atoms with Crippen LogP contribution >= 0.6 is 0 Å².